The molecule has 3 N–H and O–H groups in total. The Labute approximate surface area is 140 Å². The number of carbonyl (C=O) groups excluding carboxylic acids is 1. The minimum absolute atomic E-state index is 0.0179. The SMILES string of the molecule is [B]C(=O)OCc1ccc(O[C@H]2C[C@@H](O)C[C@@H](C(=O)O)O2)c(NC)c1. The van der Waals surface area contributed by atoms with E-state index in [0.29, 0.717) is 17.0 Å². The van der Waals surface area contributed by atoms with Crippen LogP contribution in [0.25, 0.3) is 0 Å². The van der Waals surface area contributed by atoms with Crippen LogP contribution in [0, 0.1) is 0 Å². The molecule has 24 heavy (non-hydrogen) atoms. The lowest BCUT2D eigenvalue weighted by molar-refractivity contribution is -0.195. The molecule has 8 nitrogen and oxygen atoms in total. The zero-order chi connectivity index (χ0) is 17.7. The van der Waals surface area contributed by atoms with E-state index in [9.17, 15) is 14.7 Å². The molecular weight excluding hydrogens is 317 g/mol. The maximum absolute atomic E-state index is 11.0. The van der Waals surface area contributed by atoms with Crippen molar-refractivity contribution >= 4 is 25.4 Å². The van der Waals surface area contributed by atoms with Gasteiger partial charge in [-0.3, -0.25) is 4.79 Å². The molecule has 1 aliphatic rings. The first-order chi connectivity index (χ1) is 11.4. The van der Waals surface area contributed by atoms with Crippen molar-refractivity contribution in [3.8, 4) is 5.75 Å². The smallest absolute Gasteiger partial charge is 0.333 e. The van der Waals surface area contributed by atoms with E-state index in [4.69, 9.17) is 27.2 Å². The highest BCUT2D eigenvalue weighted by Gasteiger charge is 2.34. The van der Waals surface area contributed by atoms with E-state index >= 15 is 0 Å². The summed E-state index contributed by atoms with van der Waals surface area (Å²) in [4.78, 5) is 21.7. The average molecular weight is 335 g/mol. The Bertz CT molecular complexity index is 609. The molecule has 128 valence electrons. The minimum Gasteiger partial charge on any atom is -0.479 e. The second kappa shape index (κ2) is 8.03. The monoisotopic (exact) mass is 335 g/mol. The van der Waals surface area contributed by atoms with Crippen LogP contribution in [0.1, 0.15) is 18.4 Å². The third-order valence-electron chi connectivity index (χ3n) is 3.49. The van der Waals surface area contributed by atoms with Gasteiger partial charge in [-0.05, 0) is 17.7 Å². The molecule has 1 heterocycles. The van der Waals surface area contributed by atoms with Crippen molar-refractivity contribution in [1.29, 1.82) is 0 Å². The molecule has 0 bridgehead atoms. The molecule has 0 aliphatic carbocycles. The summed E-state index contributed by atoms with van der Waals surface area (Å²) < 4.78 is 15.7. The number of carboxylic acid groups (broad SMARTS) is 1. The molecule has 1 aromatic rings. The molecule has 0 aromatic heterocycles. The summed E-state index contributed by atoms with van der Waals surface area (Å²) in [6.45, 7) is 0.0179. The predicted octanol–water partition coefficient (Wildman–Crippen LogP) is 0.863. The van der Waals surface area contributed by atoms with Gasteiger partial charge < -0.3 is 29.7 Å². The second-order valence-electron chi connectivity index (χ2n) is 5.32. The van der Waals surface area contributed by atoms with Gasteiger partial charge in [0.25, 0.3) is 0 Å². The van der Waals surface area contributed by atoms with E-state index in [1.165, 1.54) is 0 Å². The van der Waals surface area contributed by atoms with Crippen molar-refractivity contribution in [1.82, 2.24) is 0 Å². The first-order valence-corrected chi connectivity index (χ1v) is 7.35. The van der Waals surface area contributed by atoms with Crippen LogP contribution in [-0.2, 0) is 20.9 Å². The van der Waals surface area contributed by atoms with E-state index in [1.54, 1.807) is 25.2 Å². The van der Waals surface area contributed by atoms with Crippen molar-refractivity contribution in [2.75, 3.05) is 12.4 Å². The van der Waals surface area contributed by atoms with Crippen molar-refractivity contribution in [3.63, 3.8) is 0 Å². The summed E-state index contributed by atoms with van der Waals surface area (Å²) in [6.07, 6.45) is -2.61. The number of hydrogen-bond acceptors (Lipinski definition) is 7. The summed E-state index contributed by atoms with van der Waals surface area (Å²) in [6, 6.07) is 5.00. The lowest BCUT2D eigenvalue weighted by Crippen LogP contribution is -2.42. The Morgan fingerprint density at radius 2 is 2.17 bits per heavy atom. The Hall–Kier alpha value is -2.26. The molecule has 1 saturated heterocycles. The van der Waals surface area contributed by atoms with Gasteiger partial charge >= 0.3 is 5.97 Å². The number of carbonyl (C=O) groups is 2. The number of rotatable bonds is 6. The lowest BCUT2D eigenvalue weighted by Gasteiger charge is -2.31. The van der Waals surface area contributed by atoms with Gasteiger partial charge in [-0.2, -0.15) is 0 Å². The Balaban J connectivity index is 2.08. The van der Waals surface area contributed by atoms with Crippen molar-refractivity contribution < 1.29 is 34.0 Å². The average Bonchev–Trinajstić information content (AvgIpc) is 2.53. The van der Waals surface area contributed by atoms with E-state index < -0.39 is 30.3 Å². The van der Waals surface area contributed by atoms with Gasteiger partial charge in [-0.1, -0.05) is 6.07 Å². The molecule has 0 unspecified atom stereocenters. The number of aliphatic carboxylic acids is 1. The molecule has 9 heteroatoms. The van der Waals surface area contributed by atoms with Crippen molar-refractivity contribution in [3.05, 3.63) is 23.8 Å². The molecule has 1 aliphatic heterocycles. The third kappa shape index (κ3) is 4.87. The van der Waals surface area contributed by atoms with E-state index in [0.717, 1.165) is 0 Å². The fourth-order valence-electron chi connectivity index (χ4n) is 2.36. The second-order valence-corrected chi connectivity index (χ2v) is 5.32. The van der Waals surface area contributed by atoms with Crippen molar-refractivity contribution in [2.24, 2.45) is 0 Å². The van der Waals surface area contributed by atoms with Gasteiger partial charge in [0.05, 0.1) is 11.8 Å². The maximum atomic E-state index is 11.0. The first-order valence-electron chi connectivity index (χ1n) is 7.35. The first kappa shape index (κ1) is 18.1. The number of hydrogen-bond donors (Lipinski definition) is 3. The van der Waals surface area contributed by atoms with E-state index in [2.05, 4.69) is 5.32 Å². The van der Waals surface area contributed by atoms with Crippen LogP contribution in [0.15, 0.2) is 18.2 Å². The van der Waals surface area contributed by atoms with Crippen LogP contribution in [0.4, 0.5) is 10.5 Å². The van der Waals surface area contributed by atoms with Crippen LogP contribution in [0.3, 0.4) is 0 Å². The molecule has 0 spiro atoms. The van der Waals surface area contributed by atoms with Gasteiger partial charge in [0.15, 0.2) is 6.10 Å². The van der Waals surface area contributed by atoms with Crippen LogP contribution >= 0.6 is 0 Å². The van der Waals surface area contributed by atoms with Gasteiger partial charge in [-0.25, -0.2) is 4.79 Å². The van der Waals surface area contributed by atoms with E-state index in [-0.39, 0.29) is 19.4 Å². The summed E-state index contributed by atoms with van der Waals surface area (Å²) in [5, 5.41) is 21.7. The lowest BCUT2D eigenvalue weighted by atomic mass is 10.1. The fraction of sp³-hybridized carbons (Fsp3) is 0.467. The quantitative estimate of drug-likeness (QED) is 0.656. The number of benzene rings is 1. The third-order valence-corrected chi connectivity index (χ3v) is 3.49. The van der Waals surface area contributed by atoms with Crippen LogP contribution in [-0.4, -0.2) is 55.4 Å². The molecule has 1 aromatic carbocycles. The standard InChI is InChI=1S/C15H18BNO7/c1-17-10-4-8(7-22-15(16)21)2-3-11(10)23-13-6-9(18)5-12(24-13)14(19)20/h2-4,9,12-13,17-18H,5-7H2,1H3,(H,19,20)/t9-,12-,13+/m0/s1. The predicted molar refractivity (Wildman–Crippen MR) is 84.1 cm³/mol. The zero-order valence-corrected chi connectivity index (χ0v) is 13.1. The number of ether oxygens (including phenoxy) is 3. The largest absolute Gasteiger partial charge is 0.479 e. The topological polar surface area (TPSA) is 114 Å². The molecule has 1 fully saturated rings. The fourth-order valence-corrected chi connectivity index (χ4v) is 2.36. The Kier molecular flexibility index (Phi) is 6.05. The Morgan fingerprint density at radius 3 is 2.79 bits per heavy atom. The molecule has 0 saturated carbocycles. The minimum atomic E-state index is -1.14. The number of carboxylic acids is 1. The van der Waals surface area contributed by atoms with Crippen LogP contribution < -0.4 is 10.1 Å². The summed E-state index contributed by atoms with van der Waals surface area (Å²) >= 11 is 0. The van der Waals surface area contributed by atoms with Gasteiger partial charge in [0, 0.05) is 19.9 Å². The number of aliphatic hydroxyl groups excluding tert-OH is 1. The summed E-state index contributed by atoms with van der Waals surface area (Å²) in [7, 11) is 6.60. The Morgan fingerprint density at radius 1 is 1.42 bits per heavy atom. The highest BCUT2D eigenvalue weighted by molar-refractivity contribution is 6.55. The highest BCUT2D eigenvalue weighted by Crippen LogP contribution is 2.30. The molecule has 0 amide bonds. The van der Waals surface area contributed by atoms with Gasteiger partial charge in [0.2, 0.25) is 20.0 Å². The molecule has 2 radical (unpaired) electrons. The molecule has 3 atom stereocenters. The van der Waals surface area contributed by atoms with E-state index in [1.807, 2.05) is 0 Å². The normalized spacial score (nSPS) is 23.3. The zero-order valence-electron chi connectivity index (χ0n) is 13.1. The highest BCUT2D eigenvalue weighted by atomic mass is 16.7. The number of anilines is 1. The van der Waals surface area contributed by atoms with Crippen LogP contribution in [0.2, 0.25) is 0 Å². The molecule has 2 rings (SSSR count). The summed E-state index contributed by atoms with van der Waals surface area (Å²) in [5.74, 6) is -1.59. The number of nitrogens with one attached hydrogen (secondary N) is 1. The maximum Gasteiger partial charge on any atom is 0.333 e. The summed E-state index contributed by atoms with van der Waals surface area (Å²) in [5.41, 5.74) is 1.29. The van der Waals surface area contributed by atoms with Crippen LogP contribution in [0.5, 0.6) is 5.75 Å². The molecular formula is C15H18BNO7. The van der Waals surface area contributed by atoms with Gasteiger partial charge in [-0.15, -0.1) is 0 Å². The van der Waals surface area contributed by atoms with Gasteiger partial charge in [0.1, 0.15) is 12.4 Å². The number of aliphatic hydroxyl groups is 1. The van der Waals surface area contributed by atoms with Crippen molar-refractivity contribution in [2.45, 2.75) is 37.9 Å².